The summed E-state index contributed by atoms with van der Waals surface area (Å²) < 4.78 is 11.9. The van der Waals surface area contributed by atoms with Gasteiger partial charge in [0.2, 0.25) is 0 Å². The number of nitrogens with zero attached hydrogens (tertiary/aromatic N) is 2. The third-order valence-corrected chi connectivity index (χ3v) is 6.58. The molecule has 2 aliphatic rings. The highest BCUT2D eigenvalue weighted by Gasteiger charge is 2.32. The van der Waals surface area contributed by atoms with Crippen molar-refractivity contribution in [3.05, 3.63) is 48.0 Å². The van der Waals surface area contributed by atoms with Crippen LogP contribution in [0.3, 0.4) is 0 Å². The van der Waals surface area contributed by atoms with Gasteiger partial charge >= 0.3 is 0 Å². The van der Waals surface area contributed by atoms with E-state index in [1.807, 2.05) is 12.1 Å². The second kappa shape index (κ2) is 8.62. The number of nitrogens with one attached hydrogen (secondary N) is 1. The number of hydrogen-bond acceptors (Lipinski definition) is 5. The fourth-order valence-corrected chi connectivity index (χ4v) is 5.03. The van der Waals surface area contributed by atoms with E-state index >= 15 is 0 Å². The average Bonchev–Trinajstić information content (AvgIpc) is 3.43. The van der Waals surface area contributed by atoms with Gasteiger partial charge in [0.25, 0.3) is 0 Å². The molecule has 1 aromatic heterocycles. The molecule has 5 nitrogen and oxygen atoms in total. The zero-order valence-electron chi connectivity index (χ0n) is 19.4. The average molecular weight is 432 g/mol. The number of pyridine rings is 1. The summed E-state index contributed by atoms with van der Waals surface area (Å²) >= 11 is 0. The van der Waals surface area contributed by atoms with Crippen LogP contribution in [0.2, 0.25) is 0 Å². The molecule has 1 fully saturated rings. The number of likely N-dealkylation sites (tertiary alicyclic amines) is 1. The molecule has 32 heavy (non-hydrogen) atoms. The van der Waals surface area contributed by atoms with E-state index in [1.165, 1.54) is 31.5 Å². The van der Waals surface area contributed by atoms with Gasteiger partial charge in [-0.2, -0.15) is 0 Å². The molecule has 0 aliphatic carbocycles. The van der Waals surface area contributed by atoms with Crippen LogP contribution >= 0.6 is 0 Å². The van der Waals surface area contributed by atoms with Gasteiger partial charge in [-0.3, -0.25) is 0 Å². The van der Waals surface area contributed by atoms with Gasteiger partial charge < -0.3 is 19.7 Å². The van der Waals surface area contributed by atoms with Crippen LogP contribution in [0.15, 0.2) is 42.5 Å². The van der Waals surface area contributed by atoms with Crippen molar-refractivity contribution in [3.8, 4) is 22.8 Å². The number of benzene rings is 2. The summed E-state index contributed by atoms with van der Waals surface area (Å²) in [5, 5.41) is 4.83. The number of hydrogen-bond donors (Lipinski definition) is 1. The molecule has 0 unspecified atom stereocenters. The molecule has 3 aromatic rings. The topological polar surface area (TPSA) is 46.6 Å². The van der Waals surface area contributed by atoms with E-state index in [2.05, 4.69) is 54.4 Å². The fraction of sp³-hybridized carbons (Fsp3) is 0.444. The van der Waals surface area contributed by atoms with Gasteiger partial charge in [0.1, 0.15) is 0 Å². The highest BCUT2D eigenvalue weighted by Crippen LogP contribution is 2.45. The Bertz CT molecular complexity index is 1110. The van der Waals surface area contributed by atoms with Gasteiger partial charge in [-0.05, 0) is 58.7 Å². The maximum Gasteiger partial charge on any atom is 0.163 e. The molecule has 0 spiro atoms. The molecule has 0 radical (unpaired) electrons. The van der Waals surface area contributed by atoms with Crippen molar-refractivity contribution in [3.63, 3.8) is 0 Å². The molecular weight excluding hydrogens is 398 g/mol. The molecule has 2 aliphatic heterocycles. The minimum atomic E-state index is -0.0141. The van der Waals surface area contributed by atoms with Gasteiger partial charge in [0.15, 0.2) is 11.5 Å². The monoisotopic (exact) mass is 431 g/mol. The van der Waals surface area contributed by atoms with Crippen LogP contribution in [-0.2, 0) is 6.42 Å². The maximum absolute atomic E-state index is 6.19. The van der Waals surface area contributed by atoms with E-state index in [4.69, 9.17) is 14.5 Å². The molecule has 3 heterocycles. The third-order valence-electron chi connectivity index (χ3n) is 6.58. The summed E-state index contributed by atoms with van der Waals surface area (Å²) in [4.78, 5) is 7.65. The number of aromatic nitrogens is 1. The first-order valence-corrected chi connectivity index (χ1v) is 11.8. The lowest BCUT2D eigenvalue weighted by Crippen LogP contribution is -2.27. The summed E-state index contributed by atoms with van der Waals surface area (Å²) in [5.41, 5.74) is 5.56. The molecule has 0 bridgehead atoms. The Morgan fingerprint density at radius 3 is 2.59 bits per heavy atom. The Morgan fingerprint density at radius 2 is 1.84 bits per heavy atom. The lowest BCUT2D eigenvalue weighted by Gasteiger charge is -2.19. The van der Waals surface area contributed by atoms with Gasteiger partial charge in [-0.15, -0.1) is 0 Å². The van der Waals surface area contributed by atoms with Crippen molar-refractivity contribution < 1.29 is 9.47 Å². The molecule has 0 atom stereocenters. The lowest BCUT2D eigenvalue weighted by atomic mass is 9.95. The fourth-order valence-electron chi connectivity index (χ4n) is 5.03. The Kier molecular flexibility index (Phi) is 5.68. The quantitative estimate of drug-likeness (QED) is 0.499. The van der Waals surface area contributed by atoms with Gasteiger partial charge in [-0.25, -0.2) is 4.98 Å². The summed E-state index contributed by atoms with van der Waals surface area (Å²) in [6.45, 7) is 8.70. The number of ether oxygens (including phenoxy) is 2. The zero-order chi connectivity index (χ0) is 22.1. The number of rotatable bonds is 7. The number of anilines is 1. The highest BCUT2D eigenvalue weighted by molar-refractivity contribution is 5.99. The van der Waals surface area contributed by atoms with Crippen molar-refractivity contribution in [2.45, 2.75) is 45.1 Å². The second-order valence-corrected chi connectivity index (χ2v) is 9.64. The van der Waals surface area contributed by atoms with Crippen LogP contribution in [-0.4, -0.2) is 48.8 Å². The first-order valence-electron chi connectivity index (χ1n) is 11.8. The molecule has 2 aromatic carbocycles. The molecule has 1 N–H and O–H groups in total. The first-order chi connectivity index (χ1) is 15.5. The Labute approximate surface area is 190 Å². The van der Waals surface area contributed by atoms with Crippen molar-refractivity contribution in [2.24, 2.45) is 0 Å². The van der Waals surface area contributed by atoms with E-state index < -0.39 is 0 Å². The summed E-state index contributed by atoms with van der Waals surface area (Å²) in [7, 11) is 1.71. The molecule has 5 rings (SSSR count). The van der Waals surface area contributed by atoms with Crippen molar-refractivity contribution in [1.29, 1.82) is 0 Å². The van der Waals surface area contributed by atoms with Crippen LogP contribution in [0.25, 0.3) is 22.2 Å². The zero-order valence-corrected chi connectivity index (χ0v) is 19.4. The summed E-state index contributed by atoms with van der Waals surface area (Å²) in [6, 6.07) is 14.6. The summed E-state index contributed by atoms with van der Waals surface area (Å²) in [6.07, 6.45) is 4.60. The maximum atomic E-state index is 6.19. The van der Waals surface area contributed by atoms with Crippen LogP contribution in [0.1, 0.15) is 38.7 Å². The minimum absolute atomic E-state index is 0.0141. The van der Waals surface area contributed by atoms with Crippen molar-refractivity contribution in [1.82, 2.24) is 9.88 Å². The van der Waals surface area contributed by atoms with Gasteiger partial charge in [0, 0.05) is 40.4 Å². The van der Waals surface area contributed by atoms with Gasteiger partial charge in [-0.1, -0.05) is 30.3 Å². The van der Waals surface area contributed by atoms with Crippen molar-refractivity contribution in [2.75, 3.05) is 38.7 Å². The SMILES string of the molecule is COc1cc2c3c(c(-c4ccccc4)nc2cc1OCCCN1CCCC1)CC(C)(C)N3. The molecule has 5 heteroatoms. The Hall–Kier alpha value is -2.79. The van der Waals surface area contributed by atoms with E-state index in [1.54, 1.807) is 7.11 Å². The van der Waals surface area contributed by atoms with Crippen molar-refractivity contribution >= 4 is 16.6 Å². The largest absolute Gasteiger partial charge is 0.493 e. The van der Waals surface area contributed by atoms with Crippen LogP contribution in [0, 0.1) is 0 Å². The third kappa shape index (κ3) is 4.14. The van der Waals surface area contributed by atoms with Crippen LogP contribution in [0.4, 0.5) is 5.69 Å². The standard InChI is InChI=1S/C27H33N3O2/c1-27(2)18-21-25(19-10-5-4-6-11-19)28-22-17-24(23(31-3)16-20(22)26(21)29-27)32-15-9-14-30-12-7-8-13-30/h4-6,10-11,16-17,29H,7-9,12-15,18H2,1-3H3. The number of fused-ring (bicyclic) bond motifs is 3. The molecule has 0 amide bonds. The molecule has 1 saturated heterocycles. The Morgan fingerprint density at radius 1 is 1.06 bits per heavy atom. The first kappa shape index (κ1) is 21.1. The smallest absolute Gasteiger partial charge is 0.163 e. The van der Waals surface area contributed by atoms with E-state index in [9.17, 15) is 0 Å². The Balaban J connectivity index is 1.49. The van der Waals surface area contributed by atoms with E-state index in [-0.39, 0.29) is 5.54 Å². The van der Waals surface area contributed by atoms with Crippen LogP contribution < -0.4 is 14.8 Å². The predicted molar refractivity (Wildman–Crippen MR) is 131 cm³/mol. The molecule has 0 saturated carbocycles. The second-order valence-electron chi connectivity index (χ2n) is 9.64. The van der Waals surface area contributed by atoms with E-state index in [0.717, 1.165) is 58.7 Å². The minimum Gasteiger partial charge on any atom is -0.493 e. The normalized spacial score (nSPS) is 17.3. The number of methoxy groups -OCH3 is 1. The van der Waals surface area contributed by atoms with Gasteiger partial charge in [0.05, 0.1) is 24.9 Å². The molecular formula is C27H33N3O2. The highest BCUT2D eigenvalue weighted by atomic mass is 16.5. The molecule has 168 valence electrons. The van der Waals surface area contributed by atoms with E-state index in [0.29, 0.717) is 6.61 Å². The predicted octanol–water partition coefficient (Wildman–Crippen LogP) is 5.52. The lowest BCUT2D eigenvalue weighted by molar-refractivity contribution is 0.254. The van der Waals surface area contributed by atoms with Crippen LogP contribution in [0.5, 0.6) is 11.5 Å². The summed E-state index contributed by atoms with van der Waals surface area (Å²) in [5.74, 6) is 1.53.